The Balaban J connectivity index is 1.82. The minimum atomic E-state index is -0.992. The van der Waals surface area contributed by atoms with Crippen molar-refractivity contribution in [2.75, 3.05) is 5.32 Å². The van der Waals surface area contributed by atoms with Gasteiger partial charge in [0, 0.05) is 24.1 Å². The molecule has 2 aromatic carbocycles. The van der Waals surface area contributed by atoms with E-state index in [-0.39, 0.29) is 41.4 Å². The lowest BCUT2D eigenvalue weighted by atomic mass is 10.0. The van der Waals surface area contributed by atoms with Crippen LogP contribution in [0, 0.1) is 6.92 Å². The maximum Gasteiger partial charge on any atom is 0.262 e. The highest BCUT2D eigenvalue weighted by molar-refractivity contribution is 6.23. The minimum Gasteiger partial charge on any atom is -0.322 e. The quantitative estimate of drug-likeness (QED) is 0.658. The van der Waals surface area contributed by atoms with Gasteiger partial charge in [-0.1, -0.05) is 24.6 Å². The van der Waals surface area contributed by atoms with Gasteiger partial charge in [-0.05, 0) is 50.6 Å². The average molecular weight is 420 g/mol. The van der Waals surface area contributed by atoms with E-state index in [1.807, 2.05) is 19.1 Å². The van der Waals surface area contributed by atoms with E-state index in [9.17, 15) is 24.0 Å². The van der Waals surface area contributed by atoms with Crippen LogP contribution in [-0.2, 0) is 9.59 Å². The highest BCUT2D eigenvalue weighted by atomic mass is 16.2. The van der Waals surface area contributed by atoms with Crippen molar-refractivity contribution in [2.45, 2.75) is 46.1 Å². The molecule has 2 aromatic rings. The summed E-state index contributed by atoms with van der Waals surface area (Å²) in [4.78, 5) is 63.0. The molecule has 1 heterocycles. The lowest BCUT2D eigenvalue weighted by molar-refractivity contribution is -0.122. The average Bonchev–Trinajstić information content (AvgIpc) is 2.98. The number of ketones is 2. The molecule has 1 unspecified atom stereocenters. The lowest BCUT2D eigenvalue weighted by Crippen LogP contribution is -2.44. The van der Waals surface area contributed by atoms with Crippen LogP contribution in [0.5, 0.6) is 0 Å². The smallest absolute Gasteiger partial charge is 0.262 e. The monoisotopic (exact) mass is 420 g/mol. The molecule has 0 saturated heterocycles. The van der Waals surface area contributed by atoms with Crippen LogP contribution < -0.4 is 5.32 Å². The van der Waals surface area contributed by atoms with Crippen LogP contribution in [0.1, 0.15) is 69.7 Å². The van der Waals surface area contributed by atoms with Crippen molar-refractivity contribution in [3.8, 4) is 0 Å². The van der Waals surface area contributed by atoms with E-state index < -0.39 is 17.9 Å². The number of nitrogens with one attached hydrogen (secondary N) is 1. The molecule has 0 saturated carbocycles. The number of aryl methyl sites for hydroxylation is 1. The predicted molar refractivity (Wildman–Crippen MR) is 115 cm³/mol. The number of anilines is 1. The van der Waals surface area contributed by atoms with Gasteiger partial charge in [-0.25, -0.2) is 0 Å². The van der Waals surface area contributed by atoms with Gasteiger partial charge in [0.2, 0.25) is 0 Å². The largest absolute Gasteiger partial charge is 0.322 e. The van der Waals surface area contributed by atoms with E-state index in [2.05, 4.69) is 5.32 Å². The Morgan fingerprint density at radius 3 is 2.23 bits per heavy atom. The number of nitrogens with zero attached hydrogens (tertiary/aromatic N) is 1. The van der Waals surface area contributed by atoms with E-state index in [1.54, 1.807) is 25.1 Å². The summed E-state index contributed by atoms with van der Waals surface area (Å²) in [7, 11) is 0. The molecule has 0 aliphatic carbocycles. The maximum absolute atomic E-state index is 13.0. The zero-order valence-electron chi connectivity index (χ0n) is 17.7. The summed E-state index contributed by atoms with van der Waals surface area (Å²) in [6.07, 6.45) is 0.549. The second-order valence-corrected chi connectivity index (χ2v) is 7.62. The number of hydrogen-bond acceptors (Lipinski definition) is 5. The fraction of sp³-hybridized carbons (Fsp3) is 0.292. The number of rotatable bonds is 8. The molecule has 0 bridgehead atoms. The van der Waals surface area contributed by atoms with Gasteiger partial charge in [-0.3, -0.25) is 28.9 Å². The molecule has 1 aliphatic heterocycles. The molecule has 7 nitrogen and oxygen atoms in total. The summed E-state index contributed by atoms with van der Waals surface area (Å²) >= 11 is 0. The third kappa shape index (κ3) is 4.60. The number of carbonyl (C=O) groups excluding carboxylic acids is 5. The van der Waals surface area contributed by atoms with Crippen LogP contribution >= 0.6 is 0 Å². The molecule has 0 spiro atoms. The van der Waals surface area contributed by atoms with E-state index >= 15 is 0 Å². The molecule has 0 aromatic heterocycles. The molecule has 3 amide bonds. The molecule has 1 aliphatic rings. The Hall–Kier alpha value is -3.61. The highest BCUT2D eigenvalue weighted by Crippen LogP contribution is 2.29. The number of fused-ring (bicyclic) bond motifs is 1. The molecule has 31 heavy (non-hydrogen) atoms. The third-order valence-electron chi connectivity index (χ3n) is 5.36. The van der Waals surface area contributed by atoms with Crippen molar-refractivity contribution in [3.05, 3.63) is 64.7 Å². The molecule has 7 heteroatoms. The van der Waals surface area contributed by atoms with Crippen molar-refractivity contribution in [3.63, 3.8) is 0 Å². The van der Waals surface area contributed by atoms with Crippen molar-refractivity contribution < 1.29 is 24.0 Å². The van der Waals surface area contributed by atoms with E-state index in [4.69, 9.17) is 0 Å². The summed E-state index contributed by atoms with van der Waals surface area (Å²) in [5, 5.41) is 2.72. The molecule has 1 atom stereocenters. The zero-order chi connectivity index (χ0) is 22.7. The van der Waals surface area contributed by atoms with Crippen LogP contribution in [-0.4, -0.2) is 40.2 Å². The Bertz CT molecular complexity index is 1070. The van der Waals surface area contributed by atoms with Crippen LogP contribution in [0.3, 0.4) is 0 Å². The topological polar surface area (TPSA) is 101 Å². The van der Waals surface area contributed by atoms with Crippen LogP contribution in [0.15, 0.2) is 42.5 Å². The molecule has 1 N–H and O–H groups in total. The first-order valence-corrected chi connectivity index (χ1v) is 10.1. The van der Waals surface area contributed by atoms with Crippen molar-refractivity contribution in [2.24, 2.45) is 0 Å². The number of benzene rings is 2. The molecule has 0 radical (unpaired) electrons. The molecule has 3 rings (SSSR count). The molecule has 160 valence electrons. The number of imide groups is 1. The van der Waals surface area contributed by atoms with Crippen molar-refractivity contribution >= 4 is 35.0 Å². The third-order valence-corrected chi connectivity index (χ3v) is 5.36. The van der Waals surface area contributed by atoms with Gasteiger partial charge >= 0.3 is 0 Å². The summed E-state index contributed by atoms with van der Waals surface area (Å²) in [6.45, 7) is 4.94. The van der Waals surface area contributed by atoms with Crippen LogP contribution in [0.25, 0.3) is 0 Å². The summed E-state index contributed by atoms with van der Waals surface area (Å²) in [5.74, 6) is -1.90. The zero-order valence-corrected chi connectivity index (χ0v) is 17.7. The van der Waals surface area contributed by atoms with Gasteiger partial charge in [-0.15, -0.1) is 0 Å². The van der Waals surface area contributed by atoms with Gasteiger partial charge in [-0.2, -0.15) is 0 Å². The van der Waals surface area contributed by atoms with Gasteiger partial charge < -0.3 is 5.32 Å². The fourth-order valence-electron chi connectivity index (χ4n) is 3.52. The minimum absolute atomic E-state index is 0.0380. The Morgan fingerprint density at radius 2 is 1.61 bits per heavy atom. The first-order valence-electron chi connectivity index (χ1n) is 10.1. The second kappa shape index (κ2) is 9.04. The predicted octanol–water partition coefficient (Wildman–Crippen LogP) is 3.56. The summed E-state index contributed by atoms with van der Waals surface area (Å²) in [5.41, 5.74) is 2.16. The normalized spacial score (nSPS) is 13.7. The standard InChI is InChI=1S/C24H24N2O5/c1-4-18(28)10-12-21(15(3)27)26-23(30)19-11-9-17(13-20(19)24(26)31)25-22(29)16-7-5-14(2)6-8-16/h5-9,11,13,21H,4,10,12H2,1-3H3,(H,25,29). The number of hydrogen-bond donors (Lipinski definition) is 1. The molecular formula is C24H24N2O5. The summed E-state index contributed by atoms with van der Waals surface area (Å²) in [6, 6.07) is 10.5. The van der Waals surface area contributed by atoms with Gasteiger partial charge in [0.05, 0.1) is 17.2 Å². The Kier molecular flexibility index (Phi) is 6.44. The van der Waals surface area contributed by atoms with E-state index in [0.717, 1.165) is 10.5 Å². The van der Waals surface area contributed by atoms with Crippen molar-refractivity contribution in [1.29, 1.82) is 0 Å². The molecular weight excluding hydrogens is 396 g/mol. The molecule has 0 fully saturated rings. The number of amides is 3. The lowest BCUT2D eigenvalue weighted by Gasteiger charge is -2.23. The SMILES string of the molecule is CCC(=O)CCC(C(C)=O)N1C(=O)c2ccc(NC(=O)c3ccc(C)cc3)cc2C1=O. The van der Waals surface area contributed by atoms with E-state index in [1.165, 1.54) is 19.1 Å². The van der Waals surface area contributed by atoms with Gasteiger partial charge in [0.15, 0.2) is 5.78 Å². The fourth-order valence-corrected chi connectivity index (χ4v) is 3.52. The number of carbonyl (C=O) groups is 5. The number of Topliss-reactive ketones (excluding diaryl/α,β-unsaturated/α-hetero) is 2. The van der Waals surface area contributed by atoms with Crippen LogP contribution in [0.4, 0.5) is 5.69 Å². The van der Waals surface area contributed by atoms with E-state index in [0.29, 0.717) is 17.7 Å². The first kappa shape index (κ1) is 22.1. The van der Waals surface area contributed by atoms with Gasteiger partial charge in [0.25, 0.3) is 17.7 Å². The maximum atomic E-state index is 13.0. The Labute approximate surface area is 180 Å². The second-order valence-electron chi connectivity index (χ2n) is 7.62. The summed E-state index contributed by atoms with van der Waals surface area (Å²) < 4.78 is 0. The first-order chi connectivity index (χ1) is 14.7. The highest BCUT2D eigenvalue weighted by Gasteiger charge is 2.41. The Morgan fingerprint density at radius 1 is 0.968 bits per heavy atom. The van der Waals surface area contributed by atoms with Crippen molar-refractivity contribution in [1.82, 2.24) is 4.90 Å². The van der Waals surface area contributed by atoms with Gasteiger partial charge in [0.1, 0.15) is 5.78 Å². The van der Waals surface area contributed by atoms with Crippen LogP contribution in [0.2, 0.25) is 0 Å².